The molecule has 0 amide bonds. The molecular formula is C16H23Cl2N. The summed E-state index contributed by atoms with van der Waals surface area (Å²) >= 11 is 12.2. The molecule has 1 unspecified atom stereocenters. The molecule has 3 heteroatoms. The fourth-order valence-electron chi connectivity index (χ4n) is 3.51. The van der Waals surface area contributed by atoms with Crippen LogP contribution in [0.15, 0.2) is 18.2 Å². The highest BCUT2D eigenvalue weighted by Crippen LogP contribution is 2.50. The van der Waals surface area contributed by atoms with Crippen LogP contribution < -0.4 is 5.32 Å². The van der Waals surface area contributed by atoms with Gasteiger partial charge < -0.3 is 5.32 Å². The van der Waals surface area contributed by atoms with Crippen LogP contribution >= 0.6 is 23.2 Å². The Morgan fingerprint density at radius 2 is 1.84 bits per heavy atom. The highest BCUT2D eigenvalue weighted by Gasteiger charge is 2.40. The van der Waals surface area contributed by atoms with E-state index in [2.05, 4.69) is 25.2 Å². The molecule has 0 radical (unpaired) electrons. The Kier molecular flexibility index (Phi) is 5.16. The zero-order valence-electron chi connectivity index (χ0n) is 11.8. The molecule has 1 aliphatic rings. The van der Waals surface area contributed by atoms with Crippen molar-refractivity contribution < 1.29 is 0 Å². The van der Waals surface area contributed by atoms with Crippen molar-refractivity contribution in [2.24, 2.45) is 5.41 Å². The maximum absolute atomic E-state index is 6.19. The van der Waals surface area contributed by atoms with E-state index in [9.17, 15) is 0 Å². The first-order valence-corrected chi connectivity index (χ1v) is 8.07. The van der Waals surface area contributed by atoms with Gasteiger partial charge in [0.25, 0.3) is 0 Å². The molecule has 0 heterocycles. The molecule has 2 rings (SSSR count). The summed E-state index contributed by atoms with van der Waals surface area (Å²) in [6.07, 6.45) is 6.52. The number of benzene rings is 1. The molecule has 1 N–H and O–H groups in total. The van der Waals surface area contributed by atoms with Gasteiger partial charge in [0.1, 0.15) is 0 Å². The van der Waals surface area contributed by atoms with Crippen LogP contribution in [0.3, 0.4) is 0 Å². The Bertz CT molecular complexity index is 425. The Balaban J connectivity index is 2.35. The summed E-state index contributed by atoms with van der Waals surface area (Å²) in [6, 6.07) is 6.46. The second kappa shape index (κ2) is 6.47. The Morgan fingerprint density at radius 3 is 2.37 bits per heavy atom. The Labute approximate surface area is 126 Å². The topological polar surface area (TPSA) is 12.0 Å². The standard InChI is InChI=1S/C16H23Cl2N/c1-3-16(9-5-6-10-16)15(19-4-2)12-7-8-13(17)14(18)11-12/h7-8,11,15,19H,3-6,9-10H2,1-2H3. The molecule has 19 heavy (non-hydrogen) atoms. The van der Waals surface area contributed by atoms with Crippen LogP contribution in [0.4, 0.5) is 0 Å². The minimum atomic E-state index is 0.382. The third-order valence-corrected chi connectivity index (χ3v) is 5.34. The summed E-state index contributed by atoms with van der Waals surface area (Å²) in [5, 5.41) is 4.97. The molecule has 1 atom stereocenters. The molecule has 1 aromatic carbocycles. The van der Waals surface area contributed by atoms with Crippen molar-refractivity contribution in [3.8, 4) is 0 Å². The SMILES string of the molecule is CCNC(c1ccc(Cl)c(Cl)c1)C1(CC)CCCC1. The Morgan fingerprint density at radius 1 is 1.16 bits per heavy atom. The molecule has 1 nitrogen and oxygen atoms in total. The zero-order valence-corrected chi connectivity index (χ0v) is 13.3. The fourth-order valence-corrected chi connectivity index (χ4v) is 3.82. The van der Waals surface area contributed by atoms with E-state index >= 15 is 0 Å². The van der Waals surface area contributed by atoms with Crippen LogP contribution in [0.25, 0.3) is 0 Å². The van der Waals surface area contributed by atoms with Gasteiger partial charge in [0.2, 0.25) is 0 Å². The van der Waals surface area contributed by atoms with E-state index in [1.54, 1.807) is 0 Å². The second-order valence-electron chi connectivity index (χ2n) is 5.59. The highest BCUT2D eigenvalue weighted by atomic mass is 35.5. The zero-order chi connectivity index (χ0) is 13.9. The number of hydrogen-bond donors (Lipinski definition) is 1. The van der Waals surface area contributed by atoms with Crippen molar-refractivity contribution in [3.63, 3.8) is 0 Å². The van der Waals surface area contributed by atoms with Crippen molar-refractivity contribution in [2.75, 3.05) is 6.54 Å². The smallest absolute Gasteiger partial charge is 0.0595 e. The fraction of sp³-hybridized carbons (Fsp3) is 0.625. The van der Waals surface area contributed by atoms with E-state index < -0.39 is 0 Å². The molecule has 0 aromatic heterocycles. The van der Waals surface area contributed by atoms with Gasteiger partial charge in [0.05, 0.1) is 10.0 Å². The lowest BCUT2D eigenvalue weighted by Gasteiger charge is -2.38. The number of halogens is 2. The summed E-state index contributed by atoms with van der Waals surface area (Å²) in [5.41, 5.74) is 1.66. The van der Waals surface area contributed by atoms with Gasteiger partial charge >= 0.3 is 0 Å². The van der Waals surface area contributed by atoms with Crippen LogP contribution in [0.2, 0.25) is 10.0 Å². The quantitative estimate of drug-likeness (QED) is 0.744. The van der Waals surface area contributed by atoms with E-state index in [1.165, 1.54) is 37.7 Å². The normalized spacial score (nSPS) is 19.6. The first kappa shape index (κ1) is 15.2. The molecule has 1 aromatic rings. The third kappa shape index (κ3) is 3.09. The molecular weight excluding hydrogens is 277 g/mol. The van der Waals surface area contributed by atoms with Crippen molar-refractivity contribution in [3.05, 3.63) is 33.8 Å². The van der Waals surface area contributed by atoms with Crippen LogP contribution in [0.5, 0.6) is 0 Å². The average molecular weight is 300 g/mol. The summed E-state index contributed by atoms with van der Waals surface area (Å²) < 4.78 is 0. The van der Waals surface area contributed by atoms with Crippen molar-refractivity contribution in [1.82, 2.24) is 5.32 Å². The van der Waals surface area contributed by atoms with Gasteiger partial charge in [0.15, 0.2) is 0 Å². The first-order valence-electron chi connectivity index (χ1n) is 7.31. The maximum atomic E-state index is 6.19. The van der Waals surface area contributed by atoms with Crippen LogP contribution in [0.1, 0.15) is 57.6 Å². The van der Waals surface area contributed by atoms with Crippen molar-refractivity contribution >= 4 is 23.2 Å². The molecule has 0 saturated heterocycles. The van der Waals surface area contributed by atoms with Crippen molar-refractivity contribution in [2.45, 2.75) is 52.0 Å². The van der Waals surface area contributed by atoms with E-state index in [1.807, 2.05) is 12.1 Å². The molecule has 106 valence electrons. The van der Waals surface area contributed by atoms with Crippen LogP contribution in [-0.4, -0.2) is 6.54 Å². The average Bonchev–Trinajstić information content (AvgIpc) is 2.89. The number of hydrogen-bond acceptors (Lipinski definition) is 1. The van der Waals surface area contributed by atoms with Gasteiger partial charge in [-0.3, -0.25) is 0 Å². The molecule has 1 aliphatic carbocycles. The lowest BCUT2D eigenvalue weighted by molar-refractivity contribution is 0.189. The summed E-state index contributed by atoms with van der Waals surface area (Å²) in [4.78, 5) is 0. The molecule has 1 saturated carbocycles. The first-order chi connectivity index (χ1) is 9.13. The Hall–Kier alpha value is -0.240. The monoisotopic (exact) mass is 299 g/mol. The van der Waals surface area contributed by atoms with Crippen LogP contribution in [-0.2, 0) is 0 Å². The molecule has 0 spiro atoms. The van der Waals surface area contributed by atoms with E-state index in [-0.39, 0.29) is 0 Å². The number of nitrogens with one attached hydrogen (secondary N) is 1. The van der Waals surface area contributed by atoms with Crippen LogP contribution in [0, 0.1) is 5.41 Å². The predicted molar refractivity (Wildman–Crippen MR) is 84.1 cm³/mol. The minimum Gasteiger partial charge on any atom is -0.310 e. The number of rotatable bonds is 5. The molecule has 1 fully saturated rings. The van der Waals surface area contributed by atoms with E-state index in [0.29, 0.717) is 21.5 Å². The minimum absolute atomic E-state index is 0.382. The van der Waals surface area contributed by atoms with Gasteiger partial charge in [-0.1, -0.05) is 56.0 Å². The lowest BCUT2D eigenvalue weighted by Crippen LogP contribution is -2.36. The second-order valence-corrected chi connectivity index (χ2v) is 6.40. The summed E-state index contributed by atoms with van der Waals surface area (Å²) in [7, 11) is 0. The van der Waals surface area contributed by atoms with Gasteiger partial charge in [-0.15, -0.1) is 0 Å². The molecule has 0 aliphatic heterocycles. The van der Waals surface area contributed by atoms with Crippen molar-refractivity contribution in [1.29, 1.82) is 0 Å². The van der Waals surface area contributed by atoms with E-state index in [4.69, 9.17) is 23.2 Å². The predicted octanol–water partition coefficient (Wildman–Crippen LogP) is 5.61. The summed E-state index contributed by atoms with van der Waals surface area (Å²) in [5.74, 6) is 0. The van der Waals surface area contributed by atoms with Gasteiger partial charge in [-0.25, -0.2) is 0 Å². The summed E-state index contributed by atoms with van der Waals surface area (Å²) in [6.45, 7) is 5.46. The van der Waals surface area contributed by atoms with Gasteiger partial charge in [0, 0.05) is 6.04 Å². The van der Waals surface area contributed by atoms with E-state index in [0.717, 1.165) is 6.54 Å². The maximum Gasteiger partial charge on any atom is 0.0595 e. The molecule has 0 bridgehead atoms. The third-order valence-electron chi connectivity index (χ3n) is 4.60. The van der Waals surface area contributed by atoms with Gasteiger partial charge in [-0.2, -0.15) is 0 Å². The largest absolute Gasteiger partial charge is 0.310 e. The lowest BCUT2D eigenvalue weighted by atomic mass is 9.73. The highest BCUT2D eigenvalue weighted by molar-refractivity contribution is 6.42. The van der Waals surface area contributed by atoms with Gasteiger partial charge in [-0.05, 0) is 48.9 Å².